The zero-order chi connectivity index (χ0) is 34.1. The van der Waals surface area contributed by atoms with Gasteiger partial charge in [0.15, 0.2) is 0 Å². The van der Waals surface area contributed by atoms with E-state index < -0.39 is 16.1 Å². The maximum atomic E-state index is 5.67. The zero-order valence-electron chi connectivity index (χ0n) is 27.9. The third kappa shape index (κ3) is 5.12. The quantitative estimate of drug-likeness (QED) is 0.152. The molecule has 0 fully saturated rings. The highest BCUT2D eigenvalue weighted by Crippen LogP contribution is 2.30. The number of fused-ring (bicyclic) bond motifs is 3. The SMILES string of the molecule is c1ccc([Si](c2ccccc2)(c2ccccc2)c2ccc3c(n2)sc2ccc([Si](c4ccccc4)(c4ccccc4)c4ccccc4)nc23)cc1. The van der Waals surface area contributed by atoms with Crippen molar-refractivity contribution in [3.8, 4) is 0 Å². The minimum Gasteiger partial charge on any atom is -0.255 e. The van der Waals surface area contributed by atoms with Crippen molar-refractivity contribution in [2.75, 3.05) is 0 Å². The van der Waals surface area contributed by atoms with Crippen LogP contribution in [0.25, 0.3) is 20.4 Å². The summed E-state index contributed by atoms with van der Waals surface area (Å²) in [4.78, 5) is 12.3. The van der Waals surface area contributed by atoms with Gasteiger partial charge in [-0.25, -0.2) is 4.98 Å². The fourth-order valence-electron chi connectivity index (χ4n) is 7.96. The van der Waals surface area contributed by atoms with Crippen molar-refractivity contribution in [2.24, 2.45) is 0 Å². The van der Waals surface area contributed by atoms with Gasteiger partial charge in [0, 0.05) is 16.0 Å². The number of nitrogens with zero attached hydrogens (tertiary/aromatic N) is 2. The van der Waals surface area contributed by atoms with Crippen molar-refractivity contribution in [1.82, 2.24) is 9.97 Å². The maximum absolute atomic E-state index is 5.67. The number of thiophene rings is 1. The smallest absolute Gasteiger partial charge is 0.201 e. The molecule has 51 heavy (non-hydrogen) atoms. The molecule has 3 aromatic heterocycles. The lowest BCUT2D eigenvalue weighted by atomic mass is 10.3. The average Bonchev–Trinajstić information content (AvgIpc) is 3.59. The fourth-order valence-corrected chi connectivity index (χ4v) is 18.2. The lowest BCUT2D eigenvalue weighted by Gasteiger charge is -2.33. The minimum absolute atomic E-state index is 1.03. The van der Waals surface area contributed by atoms with Crippen LogP contribution in [-0.4, -0.2) is 26.1 Å². The second-order valence-electron chi connectivity index (χ2n) is 12.9. The van der Waals surface area contributed by atoms with Crippen LogP contribution in [0.15, 0.2) is 206 Å². The van der Waals surface area contributed by atoms with Crippen molar-refractivity contribution in [3.05, 3.63) is 206 Å². The van der Waals surface area contributed by atoms with Crippen LogP contribution in [0.3, 0.4) is 0 Å². The molecule has 242 valence electrons. The van der Waals surface area contributed by atoms with Crippen molar-refractivity contribution < 1.29 is 0 Å². The van der Waals surface area contributed by atoms with Gasteiger partial charge in [-0.15, -0.1) is 11.3 Å². The van der Waals surface area contributed by atoms with E-state index in [4.69, 9.17) is 9.97 Å². The van der Waals surface area contributed by atoms with Gasteiger partial charge in [-0.05, 0) is 55.4 Å². The summed E-state index contributed by atoms with van der Waals surface area (Å²) in [6, 6.07) is 75.2. The first-order valence-corrected chi connectivity index (χ1v) is 22.2. The zero-order valence-corrected chi connectivity index (χ0v) is 30.7. The van der Waals surface area contributed by atoms with Gasteiger partial charge in [0.1, 0.15) is 4.83 Å². The summed E-state index contributed by atoms with van der Waals surface area (Å²) in [6.07, 6.45) is 0. The molecule has 2 nitrogen and oxygen atoms in total. The fraction of sp³-hybridized carbons (Fsp3) is 0. The van der Waals surface area contributed by atoms with Crippen molar-refractivity contribution in [2.45, 2.75) is 0 Å². The number of pyridine rings is 2. The van der Waals surface area contributed by atoms with Crippen LogP contribution < -0.4 is 41.8 Å². The Kier molecular flexibility index (Phi) is 8.09. The first kappa shape index (κ1) is 31.3. The maximum Gasteiger partial charge on any atom is 0.201 e. The molecule has 9 aromatic rings. The van der Waals surface area contributed by atoms with Gasteiger partial charge in [-0.1, -0.05) is 182 Å². The van der Waals surface area contributed by atoms with Gasteiger partial charge in [0.25, 0.3) is 0 Å². The molecule has 0 aliphatic heterocycles. The standard InChI is InChI=1S/C46H34N2SSi2/c1-7-19-35(20-8-1)50(36-21-9-2-10-22-36,37-23-11-3-12-24-37)43-34-32-42-45(47-43)41-31-33-44(48-46(41)49-42)51(38-25-13-4-14-26-38,39-27-15-5-16-28-39)40-29-17-6-18-30-40/h1-34H. The topological polar surface area (TPSA) is 25.8 Å². The molecule has 0 amide bonds. The van der Waals surface area contributed by atoms with Gasteiger partial charge in [0.2, 0.25) is 16.1 Å². The molecule has 0 bridgehead atoms. The Morgan fingerprint density at radius 1 is 0.314 bits per heavy atom. The Labute approximate surface area is 304 Å². The summed E-state index contributed by atoms with van der Waals surface area (Å²) in [6.45, 7) is 0. The highest BCUT2D eigenvalue weighted by molar-refractivity contribution is 7.26. The Morgan fingerprint density at radius 2 is 0.627 bits per heavy atom. The van der Waals surface area contributed by atoms with E-state index in [9.17, 15) is 0 Å². The molecule has 6 aromatic carbocycles. The third-order valence-electron chi connectivity index (χ3n) is 10.2. The number of aromatic nitrogens is 2. The summed E-state index contributed by atoms with van der Waals surface area (Å²) in [5, 5.41) is 11.3. The van der Waals surface area contributed by atoms with E-state index >= 15 is 0 Å². The molecule has 0 spiro atoms. The lowest BCUT2D eigenvalue weighted by Crippen LogP contribution is -2.75. The van der Waals surface area contributed by atoms with Gasteiger partial charge in [0.05, 0.1) is 10.2 Å². The van der Waals surface area contributed by atoms with Gasteiger partial charge in [-0.3, -0.25) is 4.98 Å². The third-order valence-corrected chi connectivity index (χ3v) is 20.5. The van der Waals surface area contributed by atoms with E-state index in [1.54, 1.807) is 11.3 Å². The van der Waals surface area contributed by atoms with Crippen molar-refractivity contribution in [3.63, 3.8) is 0 Å². The second-order valence-corrected chi connectivity index (χ2v) is 21.4. The van der Waals surface area contributed by atoms with Crippen molar-refractivity contribution >= 4 is 89.7 Å². The summed E-state index contributed by atoms with van der Waals surface area (Å²) < 4.78 is 1.15. The number of rotatable bonds is 8. The Morgan fingerprint density at radius 3 is 0.980 bits per heavy atom. The number of benzene rings is 6. The van der Waals surface area contributed by atoms with E-state index in [2.05, 4.69) is 206 Å². The molecule has 0 aliphatic rings. The first-order valence-electron chi connectivity index (χ1n) is 17.3. The molecule has 3 heterocycles. The molecule has 0 radical (unpaired) electrons. The predicted octanol–water partition coefficient (Wildman–Crippen LogP) is 5.60. The lowest BCUT2D eigenvalue weighted by molar-refractivity contribution is 1.47. The van der Waals surface area contributed by atoms with E-state index in [0.29, 0.717) is 0 Å². The average molecular weight is 703 g/mol. The van der Waals surface area contributed by atoms with Gasteiger partial charge >= 0.3 is 0 Å². The Bertz CT molecular complexity index is 2370. The summed E-state index contributed by atoms with van der Waals surface area (Å²) in [7, 11) is -5.53. The molecule has 0 aliphatic carbocycles. The summed E-state index contributed by atoms with van der Waals surface area (Å²) in [5.74, 6) is 0. The van der Waals surface area contributed by atoms with Crippen LogP contribution >= 0.6 is 11.3 Å². The van der Waals surface area contributed by atoms with Crippen LogP contribution in [0.4, 0.5) is 0 Å². The highest BCUT2D eigenvalue weighted by Gasteiger charge is 2.44. The van der Waals surface area contributed by atoms with E-state index in [1.165, 1.54) is 31.1 Å². The second kappa shape index (κ2) is 13.2. The molecule has 0 saturated heterocycles. The Balaban J connectivity index is 1.31. The van der Waals surface area contributed by atoms with Gasteiger partial charge < -0.3 is 0 Å². The first-order chi connectivity index (χ1) is 25.3. The molecular weight excluding hydrogens is 669 g/mol. The van der Waals surface area contributed by atoms with Gasteiger partial charge in [-0.2, -0.15) is 0 Å². The van der Waals surface area contributed by atoms with Crippen LogP contribution in [0, 0.1) is 0 Å². The van der Waals surface area contributed by atoms with Crippen LogP contribution in [-0.2, 0) is 0 Å². The predicted molar refractivity (Wildman–Crippen MR) is 222 cm³/mol. The molecule has 9 rings (SSSR count). The Hall–Kier alpha value is -5.73. The molecule has 0 N–H and O–H groups in total. The number of hydrogen-bond acceptors (Lipinski definition) is 3. The summed E-state index contributed by atoms with van der Waals surface area (Å²) in [5.41, 5.74) is 1.03. The van der Waals surface area contributed by atoms with Crippen LogP contribution in [0.5, 0.6) is 0 Å². The molecule has 0 saturated carbocycles. The van der Waals surface area contributed by atoms with Crippen molar-refractivity contribution in [1.29, 1.82) is 0 Å². The van der Waals surface area contributed by atoms with E-state index in [-0.39, 0.29) is 0 Å². The molecule has 0 atom stereocenters. The van der Waals surface area contributed by atoms with Crippen LogP contribution in [0.1, 0.15) is 0 Å². The van der Waals surface area contributed by atoms with Crippen LogP contribution in [0.2, 0.25) is 0 Å². The number of hydrogen-bond donors (Lipinski definition) is 0. The molecule has 5 heteroatoms. The normalized spacial score (nSPS) is 11.9. The van der Waals surface area contributed by atoms with E-state index in [1.807, 2.05) is 0 Å². The summed E-state index contributed by atoms with van der Waals surface area (Å²) >= 11 is 1.75. The largest absolute Gasteiger partial charge is 0.255 e. The minimum atomic E-state index is -2.77. The highest BCUT2D eigenvalue weighted by atomic mass is 32.1. The molecule has 0 unspecified atom stereocenters. The molecular formula is C46H34N2SSi2. The monoisotopic (exact) mass is 702 g/mol. The van der Waals surface area contributed by atoms with E-state index in [0.717, 1.165) is 31.1 Å².